The Kier molecular flexibility index (Phi) is 5.52. The van der Waals surface area contributed by atoms with E-state index in [1.165, 1.54) is 5.56 Å². The van der Waals surface area contributed by atoms with Crippen molar-refractivity contribution in [3.8, 4) is 0 Å². The van der Waals surface area contributed by atoms with Crippen LogP contribution < -0.4 is 5.73 Å². The van der Waals surface area contributed by atoms with E-state index in [0.717, 1.165) is 6.42 Å². The molecule has 0 spiro atoms. The number of carbonyl (C=O) groups excluding carboxylic acids is 1. The highest BCUT2D eigenvalue weighted by atomic mass is 16.5. The quantitative estimate of drug-likeness (QED) is 0.827. The summed E-state index contributed by atoms with van der Waals surface area (Å²) in [6.07, 6.45) is 0.547. The summed E-state index contributed by atoms with van der Waals surface area (Å²) in [7, 11) is 0. The molecule has 0 aliphatic carbocycles. The molecule has 2 atom stereocenters. The minimum atomic E-state index is -0.285. The third kappa shape index (κ3) is 4.43. The van der Waals surface area contributed by atoms with E-state index in [1.807, 2.05) is 43.3 Å². The van der Waals surface area contributed by atoms with Crippen LogP contribution in [-0.4, -0.2) is 18.6 Å². The minimum Gasteiger partial charge on any atom is -0.459 e. The van der Waals surface area contributed by atoms with E-state index in [1.54, 1.807) is 12.1 Å². The number of benzene rings is 2. The molecule has 0 saturated heterocycles. The summed E-state index contributed by atoms with van der Waals surface area (Å²) < 4.78 is 5.50. The SMILES string of the molecule is CC(CC(CN)c1ccccc1)OC(=O)c1ccccc1. The molecule has 2 rings (SSSR count). The second kappa shape index (κ2) is 7.60. The van der Waals surface area contributed by atoms with Crippen molar-refractivity contribution >= 4 is 5.97 Å². The monoisotopic (exact) mass is 283 g/mol. The number of hydrogen-bond acceptors (Lipinski definition) is 3. The zero-order chi connectivity index (χ0) is 15.1. The van der Waals surface area contributed by atoms with Crippen LogP contribution in [0.25, 0.3) is 0 Å². The Labute approximate surface area is 125 Å². The van der Waals surface area contributed by atoms with Gasteiger partial charge in [-0.3, -0.25) is 0 Å². The maximum atomic E-state index is 12.0. The van der Waals surface area contributed by atoms with Crippen LogP contribution in [0.4, 0.5) is 0 Å². The highest BCUT2D eigenvalue weighted by molar-refractivity contribution is 5.89. The molecule has 2 unspecified atom stereocenters. The van der Waals surface area contributed by atoms with Gasteiger partial charge < -0.3 is 10.5 Å². The van der Waals surface area contributed by atoms with Gasteiger partial charge in [0, 0.05) is 0 Å². The fraction of sp³-hybridized carbons (Fsp3) is 0.278. The summed E-state index contributed by atoms with van der Waals surface area (Å²) in [5, 5.41) is 0. The number of hydrogen-bond donors (Lipinski definition) is 1. The van der Waals surface area contributed by atoms with Gasteiger partial charge in [0.15, 0.2) is 0 Å². The average Bonchev–Trinajstić information content (AvgIpc) is 2.54. The van der Waals surface area contributed by atoms with Crippen LogP contribution in [0.15, 0.2) is 60.7 Å². The smallest absolute Gasteiger partial charge is 0.338 e. The van der Waals surface area contributed by atoms with E-state index in [-0.39, 0.29) is 18.0 Å². The molecule has 3 heteroatoms. The van der Waals surface area contributed by atoms with Gasteiger partial charge in [-0.15, -0.1) is 0 Å². The fourth-order valence-corrected chi connectivity index (χ4v) is 2.37. The van der Waals surface area contributed by atoms with Crippen LogP contribution in [-0.2, 0) is 4.74 Å². The first kappa shape index (κ1) is 15.3. The molecule has 0 heterocycles. The molecule has 2 N–H and O–H groups in total. The molecular formula is C18H21NO2. The van der Waals surface area contributed by atoms with Crippen molar-refractivity contribution in [2.24, 2.45) is 5.73 Å². The van der Waals surface area contributed by atoms with E-state index in [2.05, 4.69) is 12.1 Å². The Balaban J connectivity index is 1.94. The maximum absolute atomic E-state index is 12.0. The lowest BCUT2D eigenvalue weighted by Gasteiger charge is -2.20. The first-order valence-electron chi connectivity index (χ1n) is 7.21. The Hall–Kier alpha value is -2.13. The van der Waals surface area contributed by atoms with Crippen molar-refractivity contribution < 1.29 is 9.53 Å². The zero-order valence-electron chi connectivity index (χ0n) is 12.2. The van der Waals surface area contributed by atoms with Crippen molar-refractivity contribution in [2.45, 2.75) is 25.4 Å². The first-order valence-corrected chi connectivity index (χ1v) is 7.21. The fourth-order valence-electron chi connectivity index (χ4n) is 2.37. The molecule has 2 aromatic rings. The Morgan fingerprint density at radius 3 is 2.19 bits per heavy atom. The first-order chi connectivity index (χ1) is 10.2. The molecule has 110 valence electrons. The van der Waals surface area contributed by atoms with Gasteiger partial charge in [0.05, 0.1) is 11.7 Å². The molecule has 0 saturated carbocycles. The summed E-state index contributed by atoms with van der Waals surface area (Å²) in [5.41, 5.74) is 7.61. The summed E-state index contributed by atoms with van der Waals surface area (Å²) in [6, 6.07) is 19.1. The lowest BCUT2D eigenvalue weighted by molar-refractivity contribution is 0.0311. The van der Waals surface area contributed by atoms with Gasteiger partial charge in [0.1, 0.15) is 0 Å². The van der Waals surface area contributed by atoms with Crippen molar-refractivity contribution in [1.82, 2.24) is 0 Å². The van der Waals surface area contributed by atoms with Gasteiger partial charge in [-0.2, -0.15) is 0 Å². The molecule has 0 radical (unpaired) electrons. The topological polar surface area (TPSA) is 52.3 Å². The van der Waals surface area contributed by atoms with Crippen molar-refractivity contribution in [3.05, 3.63) is 71.8 Å². The maximum Gasteiger partial charge on any atom is 0.338 e. The van der Waals surface area contributed by atoms with Gasteiger partial charge in [-0.05, 0) is 43.5 Å². The number of esters is 1. The Morgan fingerprint density at radius 1 is 1.05 bits per heavy atom. The number of ether oxygens (including phenoxy) is 1. The highest BCUT2D eigenvalue weighted by Crippen LogP contribution is 2.21. The highest BCUT2D eigenvalue weighted by Gasteiger charge is 2.17. The molecule has 0 bridgehead atoms. The number of nitrogens with two attached hydrogens (primary N) is 1. The molecule has 0 aliphatic rings. The van der Waals surface area contributed by atoms with E-state index in [4.69, 9.17) is 10.5 Å². The van der Waals surface area contributed by atoms with Crippen molar-refractivity contribution in [3.63, 3.8) is 0 Å². The lowest BCUT2D eigenvalue weighted by atomic mass is 9.93. The molecule has 0 aromatic heterocycles. The lowest BCUT2D eigenvalue weighted by Crippen LogP contribution is -2.22. The minimum absolute atomic E-state index is 0.175. The van der Waals surface area contributed by atoms with E-state index in [9.17, 15) is 4.79 Å². The molecular weight excluding hydrogens is 262 g/mol. The zero-order valence-corrected chi connectivity index (χ0v) is 12.2. The van der Waals surface area contributed by atoms with Gasteiger partial charge in [-0.25, -0.2) is 4.79 Å². The van der Waals surface area contributed by atoms with Gasteiger partial charge in [0.2, 0.25) is 0 Å². The second-order valence-electron chi connectivity index (χ2n) is 5.16. The summed E-state index contributed by atoms with van der Waals surface area (Å²) in [5.74, 6) is -0.0864. The van der Waals surface area contributed by atoms with Crippen molar-refractivity contribution in [1.29, 1.82) is 0 Å². The molecule has 2 aromatic carbocycles. The van der Waals surface area contributed by atoms with Crippen molar-refractivity contribution in [2.75, 3.05) is 6.54 Å². The van der Waals surface area contributed by atoms with Crippen LogP contribution in [0.5, 0.6) is 0 Å². The summed E-state index contributed by atoms with van der Waals surface area (Å²) >= 11 is 0. The predicted molar refractivity (Wildman–Crippen MR) is 84.2 cm³/mol. The molecule has 3 nitrogen and oxygen atoms in total. The van der Waals surface area contributed by atoms with E-state index < -0.39 is 0 Å². The normalized spacial score (nSPS) is 13.4. The van der Waals surface area contributed by atoms with Gasteiger partial charge in [0.25, 0.3) is 0 Å². The molecule has 0 aliphatic heterocycles. The number of carbonyl (C=O) groups is 1. The standard InChI is InChI=1S/C18H21NO2/c1-14(21-18(20)16-10-6-3-7-11-16)12-17(13-19)15-8-4-2-5-9-15/h2-11,14,17H,12-13,19H2,1H3. The Bertz CT molecular complexity index is 554. The number of rotatable bonds is 6. The summed E-state index contributed by atoms with van der Waals surface area (Å²) in [6.45, 7) is 2.45. The third-order valence-corrected chi connectivity index (χ3v) is 3.49. The van der Waals surface area contributed by atoms with Crippen LogP contribution in [0.1, 0.15) is 35.2 Å². The van der Waals surface area contributed by atoms with Crippen LogP contribution in [0, 0.1) is 0 Å². The molecule has 21 heavy (non-hydrogen) atoms. The van der Waals surface area contributed by atoms with Crippen LogP contribution in [0.2, 0.25) is 0 Å². The molecule has 0 amide bonds. The largest absolute Gasteiger partial charge is 0.459 e. The second-order valence-corrected chi connectivity index (χ2v) is 5.16. The average molecular weight is 283 g/mol. The van der Waals surface area contributed by atoms with Crippen LogP contribution in [0.3, 0.4) is 0 Å². The van der Waals surface area contributed by atoms with Gasteiger partial charge in [-0.1, -0.05) is 48.5 Å². The Morgan fingerprint density at radius 2 is 1.62 bits per heavy atom. The van der Waals surface area contributed by atoms with E-state index >= 15 is 0 Å². The van der Waals surface area contributed by atoms with E-state index in [0.29, 0.717) is 12.1 Å². The van der Waals surface area contributed by atoms with Crippen LogP contribution >= 0.6 is 0 Å². The summed E-state index contributed by atoms with van der Waals surface area (Å²) in [4.78, 5) is 12.0. The third-order valence-electron chi connectivity index (χ3n) is 3.49. The van der Waals surface area contributed by atoms with Gasteiger partial charge >= 0.3 is 5.97 Å². The molecule has 0 fully saturated rings. The predicted octanol–water partition coefficient (Wildman–Crippen LogP) is 3.36.